The Hall–Kier alpha value is -1.82. The van der Waals surface area contributed by atoms with E-state index in [4.69, 9.17) is 10.5 Å². The van der Waals surface area contributed by atoms with Crippen LogP contribution in [0.15, 0.2) is 23.3 Å². The number of pyridine rings is 1. The quantitative estimate of drug-likeness (QED) is 0.554. The van der Waals surface area contributed by atoms with Crippen molar-refractivity contribution in [2.75, 3.05) is 33.8 Å². The standard InChI is InChI=1S/C15H27N5O/c1-12(2)10-18-15(16)19-11-13-5-6-17-14(9-13)21-8-7-20(3)4/h5-6,9,12H,7-8,10-11H2,1-4H3,(H3,16,18,19). The summed E-state index contributed by atoms with van der Waals surface area (Å²) in [6.07, 6.45) is 1.73. The zero-order valence-corrected chi connectivity index (χ0v) is 13.5. The van der Waals surface area contributed by atoms with Gasteiger partial charge in [0.15, 0.2) is 5.96 Å². The van der Waals surface area contributed by atoms with Gasteiger partial charge in [0, 0.05) is 25.4 Å². The maximum absolute atomic E-state index is 5.81. The van der Waals surface area contributed by atoms with Crippen LogP contribution in [-0.4, -0.2) is 49.6 Å². The second-order valence-electron chi connectivity index (χ2n) is 5.63. The maximum atomic E-state index is 5.81. The van der Waals surface area contributed by atoms with E-state index in [-0.39, 0.29) is 0 Å². The van der Waals surface area contributed by atoms with Crippen LogP contribution in [0.1, 0.15) is 19.4 Å². The van der Waals surface area contributed by atoms with Gasteiger partial charge in [-0.2, -0.15) is 0 Å². The van der Waals surface area contributed by atoms with E-state index in [0.717, 1.165) is 18.7 Å². The van der Waals surface area contributed by atoms with E-state index in [1.807, 2.05) is 26.2 Å². The van der Waals surface area contributed by atoms with Crippen LogP contribution in [0, 0.1) is 5.92 Å². The maximum Gasteiger partial charge on any atom is 0.213 e. The molecule has 0 amide bonds. The van der Waals surface area contributed by atoms with Crippen LogP contribution >= 0.6 is 0 Å². The monoisotopic (exact) mass is 293 g/mol. The van der Waals surface area contributed by atoms with E-state index in [1.165, 1.54) is 0 Å². The molecule has 0 aliphatic rings. The van der Waals surface area contributed by atoms with Crippen molar-refractivity contribution in [2.24, 2.45) is 16.6 Å². The molecule has 0 aliphatic carbocycles. The van der Waals surface area contributed by atoms with Crippen molar-refractivity contribution in [1.82, 2.24) is 15.2 Å². The second-order valence-corrected chi connectivity index (χ2v) is 5.63. The highest BCUT2D eigenvalue weighted by Gasteiger charge is 2.00. The Bertz CT molecular complexity index is 445. The molecule has 118 valence electrons. The molecule has 0 aliphatic heterocycles. The van der Waals surface area contributed by atoms with Gasteiger partial charge in [-0.05, 0) is 31.6 Å². The van der Waals surface area contributed by atoms with Crippen LogP contribution in [0.5, 0.6) is 5.88 Å². The number of hydrogen-bond donors (Lipinski definition) is 2. The minimum absolute atomic E-state index is 0.468. The number of hydrogen-bond acceptors (Lipinski definition) is 4. The molecule has 1 aromatic heterocycles. The van der Waals surface area contributed by atoms with E-state index in [0.29, 0.717) is 30.9 Å². The topological polar surface area (TPSA) is 75.8 Å². The average molecular weight is 293 g/mol. The van der Waals surface area contributed by atoms with Crippen LogP contribution in [0.4, 0.5) is 0 Å². The molecular weight excluding hydrogens is 266 g/mol. The van der Waals surface area contributed by atoms with E-state index >= 15 is 0 Å². The van der Waals surface area contributed by atoms with Gasteiger partial charge in [-0.25, -0.2) is 9.98 Å². The Balaban J connectivity index is 2.46. The van der Waals surface area contributed by atoms with Gasteiger partial charge >= 0.3 is 0 Å². The molecule has 1 aromatic rings. The van der Waals surface area contributed by atoms with Crippen LogP contribution in [0.25, 0.3) is 0 Å². The normalized spacial score (nSPS) is 12.0. The summed E-state index contributed by atoms with van der Waals surface area (Å²) >= 11 is 0. The van der Waals surface area contributed by atoms with E-state index in [2.05, 4.69) is 34.0 Å². The molecule has 0 radical (unpaired) electrons. The molecule has 0 bridgehead atoms. The summed E-state index contributed by atoms with van der Waals surface area (Å²) in [7, 11) is 4.02. The fraction of sp³-hybridized carbons (Fsp3) is 0.600. The highest BCUT2D eigenvalue weighted by molar-refractivity contribution is 5.77. The molecule has 1 heterocycles. The number of rotatable bonds is 8. The highest BCUT2D eigenvalue weighted by atomic mass is 16.5. The number of nitrogens with one attached hydrogen (secondary N) is 1. The van der Waals surface area contributed by atoms with E-state index in [1.54, 1.807) is 6.20 Å². The number of nitrogens with two attached hydrogens (primary N) is 1. The molecule has 6 nitrogen and oxygen atoms in total. The van der Waals surface area contributed by atoms with Crippen molar-refractivity contribution < 1.29 is 4.74 Å². The average Bonchev–Trinajstić information content (AvgIpc) is 2.43. The summed E-state index contributed by atoms with van der Waals surface area (Å²) in [6, 6.07) is 3.81. The van der Waals surface area contributed by atoms with E-state index in [9.17, 15) is 0 Å². The fourth-order valence-electron chi connectivity index (χ4n) is 1.50. The van der Waals surface area contributed by atoms with Gasteiger partial charge in [-0.3, -0.25) is 0 Å². The van der Waals surface area contributed by atoms with Gasteiger partial charge in [0.2, 0.25) is 5.88 Å². The van der Waals surface area contributed by atoms with Crippen LogP contribution in [0.3, 0.4) is 0 Å². The summed E-state index contributed by atoms with van der Waals surface area (Å²) in [5, 5.41) is 3.09. The number of nitrogens with zero attached hydrogens (tertiary/aromatic N) is 3. The smallest absolute Gasteiger partial charge is 0.213 e. The third-order valence-corrected chi connectivity index (χ3v) is 2.71. The van der Waals surface area contributed by atoms with Crippen molar-refractivity contribution in [3.8, 4) is 5.88 Å². The van der Waals surface area contributed by atoms with Gasteiger partial charge in [0.1, 0.15) is 6.61 Å². The molecule has 1 rings (SSSR count). The Labute approximate surface area is 127 Å². The first kappa shape index (κ1) is 17.2. The molecular formula is C15H27N5O. The zero-order chi connectivity index (χ0) is 15.7. The molecule has 3 N–H and O–H groups in total. The van der Waals surface area contributed by atoms with Gasteiger partial charge in [-0.1, -0.05) is 13.8 Å². The molecule has 0 fully saturated rings. The van der Waals surface area contributed by atoms with Crippen molar-refractivity contribution >= 4 is 5.96 Å². The molecule has 0 saturated carbocycles. The number of ether oxygens (including phenoxy) is 1. The summed E-state index contributed by atoms with van der Waals surface area (Å²) < 4.78 is 5.60. The number of guanidine groups is 1. The summed E-state index contributed by atoms with van der Waals surface area (Å²) in [5.41, 5.74) is 6.83. The fourth-order valence-corrected chi connectivity index (χ4v) is 1.50. The first-order valence-electron chi connectivity index (χ1n) is 7.23. The Morgan fingerprint density at radius 2 is 2.24 bits per heavy atom. The largest absolute Gasteiger partial charge is 0.476 e. The number of likely N-dealkylation sites (N-methyl/N-ethyl adjacent to an activating group) is 1. The van der Waals surface area contributed by atoms with Crippen molar-refractivity contribution in [2.45, 2.75) is 20.4 Å². The Morgan fingerprint density at radius 1 is 1.48 bits per heavy atom. The predicted octanol–water partition coefficient (Wildman–Crippen LogP) is 1.08. The molecule has 0 aromatic carbocycles. The lowest BCUT2D eigenvalue weighted by Crippen LogP contribution is -2.34. The first-order chi connectivity index (χ1) is 9.97. The van der Waals surface area contributed by atoms with E-state index < -0.39 is 0 Å². The lowest BCUT2D eigenvalue weighted by atomic mass is 10.2. The first-order valence-corrected chi connectivity index (χ1v) is 7.23. The molecule has 21 heavy (non-hydrogen) atoms. The van der Waals surface area contributed by atoms with Crippen molar-refractivity contribution in [3.63, 3.8) is 0 Å². The van der Waals surface area contributed by atoms with Crippen molar-refractivity contribution in [3.05, 3.63) is 23.9 Å². The predicted molar refractivity (Wildman–Crippen MR) is 86.5 cm³/mol. The SMILES string of the molecule is CC(C)CNC(N)=NCc1ccnc(OCCN(C)C)c1. The van der Waals surface area contributed by atoms with Gasteiger partial charge in [-0.15, -0.1) is 0 Å². The van der Waals surface area contributed by atoms with Crippen LogP contribution < -0.4 is 15.8 Å². The van der Waals surface area contributed by atoms with Crippen LogP contribution in [0.2, 0.25) is 0 Å². The van der Waals surface area contributed by atoms with Gasteiger partial charge in [0.25, 0.3) is 0 Å². The highest BCUT2D eigenvalue weighted by Crippen LogP contribution is 2.10. The van der Waals surface area contributed by atoms with Gasteiger partial charge < -0.3 is 20.7 Å². The molecule has 0 atom stereocenters. The summed E-state index contributed by atoms with van der Waals surface area (Å²) in [6.45, 7) is 7.07. The summed E-state index contributed by atoms with van der Waals surface area (Å²) in [4.78, 5) is 10.6. The van der Waals surface area contributed by atoms with Crippen molar-refractivity contribution in [1.29, 1.82) is 0 Å². The number of aromatic nitrogens is 1. The molecule has 0 spiro atoms. The second kappa shape index (κ2) is 9.18. The third-order valence-electron chi connectivity index (χ3n) is 2.71. The Kier molecular flexibility index (Phi) is 7.53. The van der Waals surface area contributed by atoms with Crippen LogP contribution in [-0.2, 0) is 6.54 Å². The van der Waals surface area contributed by atoms with Gasteiger partial charge in [0.05, 0.1) is 6.54 Å². The summed E-state index contributed by atoms with van der Waals surface area (Å²) in [5.74, 6) is 1.63. The molecule has 0 saturated heterocycles. The molecule has 0 unspecified atom stereocenters. The lowest BCUT2D eigenvalue weighted by Gasteiger charge is -2.11. The minimum Gasteiger partial charge on any atom is -0.476 e. The molecule has 6 heteroatoms. The third kappa shape index (κ3) is 8.14. The number of aliphatic imine (C=N–C) groups is 1. The lowest BCUT2D eigenvalue weighted by molar-refractivity contribution is 0.253. The minimum atomic E-state index is 0.468. The Morgan fingerprint density at radius 3 is 2.90 bits per heavy atom. The zero-order valence-electron chi connectivity index (χ0n) is 13.5.